The summed E-state index contributed by atoms with van der Waals surface area (Å²) >= 11 is 0. The molecule has 1 heterocycles. The van der Waals surface area contributed by atoms with Crippen molar-refractivity contribution in [1.29, 1.82) is 0 Å². The Bertz CT molecular complexity index is 143. The molecule has 2 fully saturated rings. The number of nitrogens with one attached hydrogen (secondary N) is 1. The summed E-state index contributed by atoms with van der Waals surface area (Å²) in [6.07, 6.45) is 4.28. The Morgan fingerprint density at radius 2 is 2.25 bits per heavy atom. The van der Waals surface area contributed by atoms with Gasteiger partial charge in [0.2, 0.25) is 0 Å². The lowest BCUT2D eigenvalue weighted by Gasteiger charge is -2.35. The zero-order valence-corrected chi connectivity index (χ0v) is 8.05. The van der Waals surface area contributed by atoms with E-state index in [-0.39, 0.29) is 0 Å². The van der Waals surface area contributed by atoms with Crippen LogP contribution in [0.4, 0.5) is 0 Å². The fourth-order valence-corrected chi connectivity index (χ4v) is 2.08. The quantitative estimate of drug-likeness (QED) is 0.678. The van der Waals surface area contributed by atoms with E-state index in [4.69, 9.17) is 0 Å². The summed E-state index contributed by atoms with van der Waals surface area (Å²) in [7, 11) is 0. The molecule has 2 aliphatic rings. The molecule has 1 atom stereocenters. The van der Waals surface area contributed by atoms with Crippen LogP contribution < -0.4 is 5.32 Å². The molecule has 2 heteroatoms. The molecule has 0 aromatic rings. The van der Waals surface area contributed by atoms with Crippen molar-refractivity contribution in [3.63, 3.8) is 0 Å². The number of hydrogen-bond acceptors (Lipinski definition) is 2. The number of hydrogen-bond donors (Lipinski definition) is 1. The molecule has 1 saturated heterocycles. The minimum Gasteiger partial charge on any atom is -0.314 e. The maximum atomic E-state index is 3.47. The first-order chi connectivity index (χ1) is 5.90. The van der Waals surface area contributed by atoms with E-state index in [0.717, 1.165) is 12.0 Å². The third-order valence-corrected chi connectivity index (χ3v) is 3.13. The first-order valence-corrected chi connectivity index (χ1v) is 5.35. The summed E-state index contributed by atoms with van der Waals surface area (Å²) in [4.78, 5) is 2.69. The summed E-state index contributed by atoms with van der Waals surface area (Å²) < 4.78 is 0. The average molecular weight is 168 g/mol. The van der Waals surface area contributed by atoms with Gasteiger partial charge in [0.25, 0.3) is 0 Å². The van der Waals surface area contributed by atoms with Crippen molar-refractivity contribution >= 4 is 0 Å². The Kier molecular flexibility index (Phi) is 2.66. The van der Waals surface area contributed by atoms with Crippen molar-refractivity contribution in [2.75, 3.05) is 26.2 Å². The molecule has 2 nitrogen and oxygen atoms in total. The highest BCUT2D eigenvalue weighted by Crippen LogP contribution is 2.30. The molecule has 2 rings (SSSR count). The standard InChI is InChI=1S/C10H20N2/c1-2-10-7-11-5-6-12(10)8-9-3-4-9/h9-11H,2-8H2,1H3/t10-/m0/s1. The second-order valence-electron chi connectivity index (χ2n) is 4.20. The van der Waals surface area contributed by atoms with Gasteiger partial charge in [0, 0.05) is 32.2 Å². The molecular formula is C10H20N2. The Morgan fingerprint density at radius 1 is 1.42 bits per heavy atom. The Balaban J connectivity index is 1.81. The van der Waals surface area contributed by atoms with Crippen molar-refractivity contribution in [3.05, 3.63) is 0 Å². The van der Waals surface area contributed by atoms with Crippen molar-refractivity contribution in [3.8, 4) is 0 Å². The molecule has 1 aliphatic carbocycles. The highest BCUT2D eigenvalue weighted by molar-refractivity contribution is 4.84. The van der Waals surface area contributed by atoms with Crippen LogP contribution in [-0.4, -0.2) is 37.1 Å². The molecule has 0 spiro atoms. The second kappa shape index (κ2) is 3.75. The fraction of sp³-hybridized carbons (Fsp3) is 1.00. The van der Waals surface area contributed by atoms with Gasteiger partial charge in [0.15, 0.2) is 0 Å². The van der Waals surface area contributed by atoms with Crippen LogP contribution in [0.25, 0.3) is 0 Å². The minimum absolute atomic E-state index is 0.819. The van der Waals surface area contributed by atoms with Crippen LogP contribution in [0.2, 0.25) is 0 Å². The summed E-state index contributed by atoms with van der Waals surface area (Å²) in [6.45, 7) is 7.36. The lowest BCUT2D eigenvalue weighted by Crippen LogP contribution is -2.51. The summed E-state index contributed by atoms with van der Waals surface area (Å²) in [6, 6.07) is 0.819. The molecule has 0 bridgehead atoms. The second-order valence-corrected chi connectivity index (χ2v) is 4.20. The van der Waals surface area contributed by atoms with Crippen molar-refractivity contribution < 1.29 is 0 Å². The zero-order chi connectivity index (χ0) is 8.39. The first-order valence-electron chi connectivity index (χ1n) is 5.35. The molecule has 12 heavy (non-hydrogen) atoms. The van der Waals surface area contributed by atoms with Gasteiger partial charge in [-0.1, -0.05) is 6.92 Å². The van der Waals surface area contributed by atoms with E-state index in [2.05, 4.69) is 17.1 Å². The molecule has 0 amide bonds. The lowest BCUT2D eigenvalue weighted by molar-refractivity contribution is 0.150. The van der Waals surface area contributed by atoms with Gasteiger partial charge in [-0.2, -0.15) is 0 Å². The summed E-state index contributed by atoms with van der Waals surface area (Å²) in [5, 5.41) is 3.47. The first kappa shape index (κ1) is 8.52. The normalized spacial score (nSPS) is 32.2. The van der Waals surface area contributed by atoms with Gasteiger partial charge in [0.1, 0.15) is 0 Å². The minimum atomic E-state index is 0.819. The van der Waals surface area contributed by atoms with Gasteiger partial charge < -0.3 is 5.32 Å². The van der Waals surface area contributed by atoms with E-state index in [1.54, 1.807) is 0 Å². The van der Waals surface area contributed by atoms with Crippen LogP contribution in [0, 0.1) is 5.92 Å². The van der Waals surface area contributed by atoms with Crippen molar-refractivity contribution in [2.45, 2.75) is 32.2 Å². The number of nitrogens with zero attached hydrogens (tertiary/aromatic N) is 1. The van der Waals surface area contributed by atoms with Gasteiger partial charge in [-0.3, -0.25) is 4.90 Å². The molecular weight excluding hydrogens is 148 g/mol. The molecule has 1 N–H and O–H groups in total. The third-order valence-electron chi connectivity index (χ3n) is 3.13. The zero-order valence-electron chi connectivity index (χ0n) is 8.05. The van der Waals surface area contributed by atoms with Crippen LogP contribution in [0.15, 0.2) is 0 Å². The molecule has 0 aromatic heterocycles. The average Bonchev–Trinajstić information content (AvgIpc) is 2.89. The third kappa shape index (κ3) is 1.99. The van der Waals surface area contributed by atoms with Gasteiger partial charge >= 0.3 is 0 Å². The van der Waals surface area contributed by atoms with E-state index < -0.39 is 0 Å². The van der Waals surface area contributed by atoms with E-state index in [1.165, 1.54) is 45.4 Å². The lowest BCUT2D eigenvalue weighted by atomic mass is 10.1. The molecule has 1 saturated carbocycles. The van der Waals surface area contributed by atoms with E-state index in [1.807, 2.05) is 0 Å². The maximum absolute atomic E-state index is 3.47. The van der Waals surface area contributed by atoms with Crippen molar-refractivity contribution in [2.24, 2.45) is 5.92 Å². The van der Waals surface area contributed by atoms with Gasteiger partial charge in [-0.05, 0) is 25.2 Å². The smallest absolute Gasteiger partial charge is 0.0218 e. The van der Waals surface area contributed by atoms with Crippen LogP contribution in [0.5, 0.6) is 0 Å². The largest absolute Gasteiger partial charge is 0.314 e. The Labute approximate surface area is 75.3 Å². The predicted octanol–water partition coefficient (Wildman–Crippen LogP) is 1.08. The monoisotopic (exact) mass is 168 g/mol. The van der Waals surface area contributed by atoms with Crippen LogP contribution in [0.3, 0.4) is 0 Å². The van der Waals surface area contributed by atoms with E-state index in [0.29, 0.717) is 0 Å². The summed E-state index contributed by atoms with van der Waals surface area (Å²) in [5.41, 5.74) is 0. The van der Waals surface area contributed by atoms with Crippen molar-refractivity contribution in [1.82, 2.24) is 10.2 Å². The Hall–Kier alpha value is -0.0800. The van der Waals surface area contributed by atoms with Crippen LogP contribution in [0.1, 0.15) is 26.2 Å². The van der Waals surface area contributed by atoms with E-state index in [9.17, 15) is 0 Å². The molecule has 0 radical (unpaired) electrons. The SMILES string of the molecule is CC[C@H]1CNCCN1CC1CC1. The topological polar surface area (TPSA) is 15.3 Å². The van der Waals surface area contributed by atoms with Crippen LogP contribution >= 0.6 is 0 Å². The predicted molar refractivity (Wildman–Crippen MR) is 51.2 cm³/mol. The Morgan fingerprint density at radius 3 is 2.92 bits per heavy atom. The summed E-state index contributed by atoms with van der Waals surface area (Å²) in [5.74, 6) is 1.05. The molecule has 0 aromatic carbocycles. The molecule has 1 aliphatic heterocycles. The van der Waals surface area contributed by atoms with E-state index >= 15 is 0 Å². The maximum Gasteiger partial charge on any atom is 0.0218 e. The van der Waals surface area contributed by atoms with Gasteiger partial charge in [-0.15, -0.1) is 0 Å². The number of rotatable bonds is 3. The van der Waals surface area contributed by atoms with Gasteiger partial charge in [0.05, 0.1) is 0 Å². The molecule has 70 valence electrons. The number of piperazine rings is 1. The van der Waals surface area contributed by atoms with Crippen LogP contribution in [-0.2, 0) is 0 Å². The highest BCUT2D eigenvalue weighted by atomic mass is 15.2. The fourth-order valence-electron chi connectivity index (χ4n) is 2.08. The highest BCUT2D eigenvalue weighted by Gasteiger charge is 2.28. The molecule has 0 unspecified atom stereocenters. The van der Waals surface area contributed by atoms with Gasteiger partial charge in [-0.25, -0.2) is 0 Å².